The number of hydrogen-bond acceptors (Lipinski definition) is 3. The number of halogens is 4. The van der Waals surface area contributed by atoms with E-state index in [1.165, 1.54) is 11.0 Å². The van der Waals surface area contributed by atoms with Gasteiger partial charge in [0.1, 0.15) is 0 Å². The van der Waals surface area contributed by atoms with Gasteiger partial charge in [0.2, 0.25) is 5.91 Å². The molecule has 0 aromatic heterocycles. The zero-order chi connectivity index (χ0) is 19.8. The summed E-state index contributed by atoms with van der Waals surface area (Å²) in [5.41, 5.74) is 5.13. The van der Waals surface area contributed by atoms with Crippen molar-refractivity contribution in [3.8, 4) is 0 Å². The number of amides is 2. The SMILES string of the molecule is CC(N)C1CCCN(C(=O)c2cc(N3CCCC3=O)cc(C(F)(F)F)c2)C1.Cl. The lowest BCUT2D eigenvalue weighted by atomic mass is 9.91. The molecule has 2 aliphatic rings. The Kier molecular flexibility index (Phi) is 6.98. The van der Waals surface area contributed by atoms with Crippen LogP contribution < -0.4 is 10.6 Å². The summed E-state index contributed by atoms with van der Waals surface area (Å²) < 4.78 is 40.1. The number of rotatable bonds is 3. The van der Waals surface area contributed by atoms with Crippen molar-refractivity contribution < 1.29 is 22.8 Å². The highest BCUT2D eigenvalue weighted by Gasteiger charge is 2.35. The number of nitrogens with two attached hydrogens (primary N) is 1. The Morgan fingerprint density at radius 3 is 2.50 bits per heavy atom. The van der Waals surface area contributed by atoms with Crippen LogP contribution in [-0.4, -0.2) is 42.4 Å². The highest BCUT2D eigenvalue weighted by Crippen LogP contribution is 2.35. The lowest BCUT2D eigenvalue weighted by molar-refractivity contribution is -0.137. The zero-order valence-corrected chi connectivity index (χ0v) is 16.5. The van der Waals surface area contributed by atoms with Gasteiger partial charge in [-0.2, -0.15) is 13.2 Å². The summed E-state index contributed by atoms with van der Waals surface area (Å²) in [4.78, 5) is 27.8. The third-order valence-electron chi connectivity index (χ3n) is 5.37. The number of benzene rings is 1. The Labute approximate surface area is 168 Å². The molecule has 2 heterocycles. The second kappa shape index (κ2) is 8.69. The minimum absolute atomic E-state index is 0. The normalized spacial score (nSPS) is 21.5. The van der Waals surface area contributed by atoms with Crippen molar-refractivity contribution in [3.05, 3.63) is 29.3 Å². The van der Waals surface area contributed by atoms with Gasteiger partial charge in [0.15, 0.2) is 0 Å². The minimum Gasteiger partial charge on any atom is -0.338 e. The van der Waals surface area contributed by atoms with Crippen molar-refractivity contribution in [1.82, 2.24) is 4.90 Å². The smallest absolute Gasteiger partial charge is 0.338 e. The number of carbonyl (C=O) groups excluding carboxylic acids is 2. The molecule has 1 aromatic rings. The maximum Gasteiger partial charge on any atom is 0.416 e. The average Bonchev–Trinajstić information content (AvgIpc) is 3.06. The first-order valence-corrected chi connectivity index (χ1v) is 9.24. The molecule has 5 nitrogen and oxygen atoms in total. The molecular weight excluding hydrogens is 395 g/mol. The molecule has 9 heteroatoms. The van der Waals surface area contributed by atoms with E-state index in [1.54, 1.807) is 4.90 Å². The van der Waals surface area contributed by atoms with E-state index in [9.17, 15) is 22.8 Å². The van der Waals surface area contributed by atoms with E-state index in [0.29, 0.717) is 32.5 Å². The summed E-state index contributed by atoms with van der Waals surface area (Å²) in [6, 6.07) is 3.14. The predicted octanol–water partition coefficient (Wildman–Crippen LogP) is 3.45. The topological polar surface area (TPSA) is 66.6 Å². The van der Waals surface area contributed by atoms with E-state index >= 15 is 0 Å². The number of likely N-dealkylation sites (tertiary alicyclic amines) is 1. The first-order valence-electron chi connectivity index (χ1n) is 9.24. The molecule has 0 bridgehead atoms. The van der Waals surface area contributed by atoms with Gasteiger partial charge in [-0.1, -0.05) is 0 Å². The minimum atomic E-state index is -4.59. The molecule has 0 spiro atoms. The molecule has 2 fully saturated rings. The maximum absolute atomic E-state index is 13.4. The Hall–Kier alpha value is -1.80. The maximum atomic E-state index is 13.4. The van der Waals surface area contributed by atoms with Crippen LogP contribution in [0.15, 0.2) is 18.2 Å². The number of nitrogens with zero attached hydrogens (tertiary/aromatic N) is 2. The third kappa shape index (κ3) is 4.78. The van der Waals surface area contributed by atoms with Gasteiger partial charge >= 0.3 is 6.18 Å². The van der Waals surface area contributed by atoms with Gasteiger partial charge in [-0.25, -0.2) is 0 Å². The van der Waals surface area contributed by atoms with Crippen LogP contribution in [0.5, 0.6) is 0 Å². The van der Waals surface area contributed by atoms with E-state index in [-0.39, 0.29) is 41.5 Å². The fourth-order valence-corrected chi connectivity index (χ4v) is 3.78. The Morgan fingerprint density at radius 1 is 1.21 bits per heavy atom. The molecule has 2 unspecified atom stereocenters. The molecule has 2 atom stereocenters. The molecule has 1 aromatic carbocycles. The van der Waals surface area contributed by atoms with E-state index in [2.05, 4.69) is 0 Å². The Balaban J connectivity index is 0.00000280. The van der Waals surface area contributed by atoms with Crippen LogP contribution in [0.25, 0.3) is 0 Å². The molecule has 156 valence electrons. The van der Waals surface area contributed by atoms with Gasteiger partial charge in [-0.05, 0) is 50.3 Å². The van der Waals surface area contributed by atoms with Crippen LogP contribution in [-0.2, 0) is 11.0 Å². The Morgan fingerprint density at radius 2 is 1.93 bits per heavy atom. The quantitative estimate of drug-likeness (QED) is 0.816. The highest BCUT2D eigenvalue weighted by atomic mass is 35.5. The fraction of sp³-hybridized carbons (Fsp3) is 0.579. The molecule has 2 aliphatic heterocycles. The van der Waals surface area contributed by atoms with Crippen LogP contribution >= 0.6 is 12.4 Å². The largest absolute Gasteiger partial charge is 0.416 e. The van der Waals surface area contributed by atoms with Crippen LogP contribution in [0.4, 0.5) is 18.9 Å². The first-order chi connectivity index (χ1) is 12.7. The number of alkyl halides is 3. The summed E-state index contributed by atoms with van der Waals surface area (Å²) in [6.45, 7) is 3.17. The molecule has 2 N–H and O–H groups in total. The average molecular weight is 420 g/mol. The van der Waals surface area contributed by atoms with Crippen LogP contribution in [0, 0.1) is 5.92 Å². The van der Waals surface area contributed by atoms with Gasteiger partial charge in [-0.15, -0.1) is 12.4 Å². The van der Waals surface area contributed by atoms with Crippen LogP contribution in [0.3, 0.4) is 0 Å². The van der Waals surface area contributed by atoms with E-state index in [4.69, 9.17) is 5.73 Å². The summed E-state index contributed by atoms with van der Waals surface area (Å²) in [5.74, 6) is -0.532. The molecule has 2 saturated heterocycles. The van der Waals surface area contributed by atoms with Crippen molar-refractivity contribution in [3.63, 3.8) is 0 Å². The molecule has 28 heavy (non-hydrogen) atoms. The number of hydrogen-bond donors (Lipinski definition) is 1. The van der Waals surface area contributed by atoms with Crippen molar-refractivity contribution in [2.24, 2.45) is 11.7 Å². The summed E-state index contributed by atoms with van der Waals surface area (Å²) in [5, 5.41) is 0. The lowest BCUT2D eigenvalue weighted by Crippen LogP contribution is -2.45. The van der Waals surface area contributed by atoms with Crippen molar-refractivity contribution in [2.45, 2.75) is 44.8 Å². The van der Waals surface area contributed by atoms with E-state index in [1.807, 2.05) is 6.92 Å². The number of piperidine rings is 1. The molecule has 0 aliphatic carbocycles. The number of anilines is 1. The van der Waals surface area contributed by atoms with Gasteiger partial charge in [0.25, 0.3) is 5.91 Å². The van der Waals surface area contributed by atoms with Crippen molar-refractivity contribution in [1.29, 1.82) is 0 Å². The van der Waals surface area contributed by atoms with E-state index < -0.39 is 17.6 Å². The van der Waals surface area contributed by atoms with Gasteiger partial charge in [0, 0.05) is 43.3 Å². The monoisotopic (exact) mass is 419 g/mol. The van der Waals surface area contributed by atoms with Crippen molar-refractivity contribution >= 4 is 29.9 Å². The highest BCUT2D eigenvalue weighted by molar-refractivity contribution is 5.99. The summed E-state index contributed by atoms with van der Waals surface area (Å²) in [6.07, 6.45) is -2.02. The van der Waals surface area contributed by atoms with Crippen LogP contribution in [0.2, 0.25) is 0 Å². The summed E-state index contributed by atoms with van der Waals surface area (Å²) in [7, 11) is 0. The van der Waals surface area contributed by atoms with Crippen molar-refractivity contribution in [2.75, 3.05) is 24.5 Å². The molecule has 3 rings (SSSR count). The standard InChI is InChI=1S/C19H24F3N3O2.ClH/c1-12(23)13-4-2-6-24(11-13)18(27)14-8-15(19(20,21)22)10-16(9-14)25-7-3-5-17(25)26;/h8-10,12-13H,2-7,11,23H2,1H3;1H. The third-order valence-corrected chi connectivity index (χ3v) is 5.37. The molecule has 0 saturated carbocycles. The lowest BCUT2D eigenvalue weighted by Gasteiger charge is -2.35. The second-order valence-electron chi connectivity index (χ2n) is 7.43. The second-order valence-corrected chi connectivity index (χ2v) is 7.43. The molecule has 2 amide bonds. The van der Waals surface area contributed by atoms with Gasteiger partial charge in [0.05, 0.1) is 5.56 Å². The fourth-order valence-electron chi connectivity index (χ4n) is 3.78. The van der Waals surface area contributed by atoms with E-state index in [0.717, 1.165) is 25.0 Å². The summed E-state index contributed by atoms with van der Waals surface area (Å²) >= 11 is 0. The molecular formula is C19H25ClF3N3O2. The molecule has 0 radical (unpaired) electrons. The van der Waals surface area contributed by atoms with Gasteiger partial charge in [-0.3, -0.25) is 9.59 Å². The first kappa shape index (κ1) is 22.5. The predicted molar refractivity (Wildman–Crippen MR) is 103 cm³/mol. The Bertz CT molecular complexity index is 740. The van der Waals surface area contributed by atoms with Gasteiger partial charge < -0.3 is 15.5 Å². The zero-order valence-electron chi connectivity index (χ0n) is 15.7. The van der Waals surface area contributed by atoms with Crippen LogP contribution in [0.1, 0.15) is 48.5 Å². The number of carbonyl (C=O) groups is 2.